The normalized spacial score (nSPS) is 15.5. The fourth-order valence-corrected chi connectivity index (χ4v) is 4.43. The van der Waals surface area contributed by atoms with Gasteiger partial charge in [-0.2, -0.15) is 0 Å². The molecule has 3 aromatic rings. The molecule has 150 valence electrons. The van der Waals surface area contributed by atoms with Gasteiger partial charge in [-0.3, -0.25) is 0 Å². The van der Waals surface area contributed by atoms with Crippen LogP contribution < -0.4 is 5.32 Å². The molecule has 0 saturated carbocycles. The Kier molecular flexibility index (Phi) is 5.79. The van der Waals surface area contributed by atoms with E-state index in [2.05, 4.69) is 10.3 Å². The largest absolute Gasteiger partial charge is 0.327 e. The van der Waals surface area contributed by atoms with Gasteiger partial charge in [-0.25, -0.2) is 17.8 Å². The molecular formula is C20H23ClFN3O2S. The Balaban J connectivity index is 0.00000225. The van der Waals surface area contributed by atoms with Crippen LogP contribution in [0.3, 0.4) is 0 Å². The number of benzene rings is 2. The summed E-state index contributed by atoms with van der Waals surface area (Å²) < 4.78 is 40.3. The van der Waals surface area contributed by atoms with Crippen molar-refractivity contribution in [3.63, 3.8) is 0 Å². The van der Waals surface area contributed by atoms with Crippen LogP contribution >= 0.6 is 12.4 Å². The van der Waals surface area contributed by atoms with Crippen molar-refractivity contribution in [3.05, 3.63) is 47.8 Å². The van der Waals surface area contributed by atoms with Crippen molar-refractivity contribution >= 4 is 33.3 Å². The van der Waals surface area contributed by atoms with Crippen molar-refractivity contribution in [3.8, 4) is 11.4 Å². The second-order valence-corrected chi connectivity index (χ2v) is 9.17. The fourth-order valence-electron chi connectivity index (χ4n) is 3.80. The maximum Gasteiger partial charge on any atom is 0.175 e. The van der Waals surface area contributed by atoms with Gasteiger partial charge in [-0.1, -0.05) is 6.07 Å². The molecular weight excluding hydrogens is 401 g/mol. The van der Waals surface area contributed by atoms with Crippen LogP contribution in [-0.4, -0.2) is 37.3 Å². The van der Waals surface area contributed by atoms with Gasteiger partial charge < -0.3 is 9.88 Å². The summed E-state index contributed by atoms with van der Waals surface area (Å²) in [6.07, 6.45) is 3.03. The van der Waals surface area contributed by atoms with Crippen LogP contribution in [0.5, 0.6) is 0 Å². The van der Waals surface area contributed by atoms with Crippen molar-refractivity contribution in [2.45, 2.75) is 23.7 Å². The molecule has 1 aromatic heterocycles. The molecule has 1 fully saturated rings. The van der Waals surface area contributed by atoms with Crippen molar-refractivity contribution < 1.29 is 12.8 Å². The number of aryl methyl sites for hydroxylation is 1. The summed E-state index contributed by atoms with van der Waals surface area (Å²) in [6, 6.07) is 10.3. The lowest BCUT2D eigenvalue weighted by Gasteiger charge is -2.23. The molecule has 1 N–H and O–H groups in total. The molecule has 1 aliphatic rings. The second kappa shape index (κ2) is 7.81. The molecule has 0 unspecified atom stereocenters. The molecule has 0 radical (unpaired) electrons. The van der Waals surface area contributed by atoms with E-state index in [0.29, 0.717) is 11.3 Å². The summed E-state index contributed by atoms with van der Waals surface area (Å²) in [5.74, 6) is 0.593. The molecule has 0 spiro atoms. The Morgan fingerprint density at radius 2 is 1.75 bits per heavy atom. The van der Waals surface area contributed by atoms with Crippen molar-refractivity contribution in [1.82, 2.24) is 14.9 Å². The van der Waals surface area contributed by atoms with Crippen LogP contribution in [-0.2, 0) is 16.9 Å². The highest BCUT2D eigenvalue weighted by molar-refractivity contribution is 7.90. The minimum absolute atomic E-state index is 0. The maximum absolute atomic E-state index is 15.2. The number of aromatic nitrogens is 2. The first-order chi connectivity index (χ1) is 12.9. The average Bonchev–Trinajstić information content (AvgIpc) is 3.00. The number of hydrogen-bond acceptors (Lipinski definition) is 4. The number of sulfone groups is 1. The van der Waals surface area contributed by atoms with Gasteiger partial charge in [0, 0.05) is 18.9 Å². The fraction of sp³-hybridized carbons (Fsp3) is 0.350. The summed E-state index contributed by atoms with van der Waals surface area (Å²) in [7, 11) is -1.41. The monoisotopic (exact) mass is 423 g/mol. The molecule has 5 nitrogen and oxygen atoms in total. The minimum Gasteiger partial charge on any atom is -0.327 e. The summed E-state index contributed by atoms with van der Waals surface area (Å²) >= 11 is 0. The van der Waals surface area contributed by atoms with E-state index in [1.165, 1.54) is 6.26 Å². The van der Waals surface area contributed by atoms with Crippen LogP contribution in [0.4, 0.5) is 4.39 Å². The number of hydrogen-bond donors (Lipinski definition) is 1. The first-order valence-corrected chi connectivity index (χ1v) is 10.9. The van der Waals surface area contributed by atoms with Crippen LogP contribution in [0, 0.1) is 5.82 Å². The highest BCUT2D eigenvalue weighted by Crippen LogP contribution is 2.33. The van der Waals surface area contributed by atoms with E-state index in [4.69, 9.17) is 0 Å². The highest BCUT2D eigenvalue weighted by atomic mass is 35.5. The number of fused-ring (bicyclic) bond motifs is 1. The predicted molar refractivity (Wildman–Crippen MR) is 111 cm³/mol. The number of nitrogens with one attached hydrogen (secondary N) is 1. The first kappa shape index (κ1) is 20.8. The summed E-state index contributed by atoms with van der Waals surface area (Å²) in [6.45, 7) is 1.81. The molecule has 0 aliphatic carbocycles. The Morgan fingerprint density at radius 3 is 2.36 bits per heavy atom. The van der Waals surface area contributed by atoms with E-state index < -0.39 is 9.84 Å². The Bertz CT molecular complexity index is 1100. The van der Waals surface area contributed by atoms with E-state index >= 15 is 4.39 Å². The number of piperidine rings is 1. The van der Waals surface area contributed by atoms with Gasteiger partial charge in [0.1, 0.15) is 11.3 Å². The van der Waals surface area contributed by atoms with E-state index in [1.807, 2.05) is 23.7 Å². The lowest BCUT2D eigenvalue weighted by molar-refractivity contribution is 0.446. The number of halogens is 2. The molecule has 0 amide bonds. The molecule has 0 atom stereocenters. The zero-order chi connectivity index (χ0) is 19.2. The highest BCUT2D eigenvalue weighted by Gasteiger charge is 2.22. The van der Waals surface area contributed by atoms with E-state index in [0.717, 1.165) is 42.6 Å². The van der Waals surface area contributed by atoms with Crippen LogP contribution in [0.15, 0.2) is 41.3 Å². The Morgan fingerprint density at radius 1 is 1.11 bits per heavy atom. The molecule has 8 heteroatoms. The van der Waals surface area contributed by atoms with Gasteiger partial charge in [0.05, 0.1) is 10.4 Å². The van der Waals surface area contributed by atoms with Crippen LogP contribution in [0.2, 0.25) is 0 Å². The standard InChI is InChI=1S/C20H22FN3O2S.ClH/c1-24-17-8-7-16(13-9-11-22-12-10-13)18(21)19(17)23-20(24)14-3-5-15(6-4-14)27(2,25)26;/h3-8,13,22H,9-12H2,1-2H3;1H. The minimum atomic E-state index is -3.25. The lowest BCUT2D eigenvalue weighted by atomic mass is 9.89. The van der Waals surface area contributed by atoms with Crippen molar-refractivity contribution in [2.75, 3.05) is 19.3 Å². The number of nitrogens with zero attached hydrogens (tertiary/aromatic N) is 2. The lowest BCUT2D eigenvalue weighted by Crippen LogP contribution is -2.27. The topological polar surface area (TPSA) is 64.0 Å². The third-order valence-electron chi connectivity index (χ3n) is 5.34. The van der Waals surface area contributed by atoms with E-state index in [9.17, 15) is 8.42 Å². The average molecular weight is 424 g/mol. The summed E-state index contributed by atoms with van der Waals surface area (Å²) in [5, 5.41) is 3.31. The quantitative estimate of drug-likeness (QED) is 0.698. The Hall–Kier alpha value is -1.96. The first-order valence-electron chi connectivity index (χ1n) is 9.02. The Labute approximate surface area is 170 Å². The molecule has 4 rings (SSSR count). The van der Waals surface area contributed by atoms with E-state index in [1.54, 1.807) is 24.3 Å². The smallest absolute Gasteiger partial charge is 0.175 e. The van der Waals surface area contributed by atoms with Gasteiger partial charge in [-0.05, 0) is 67.7 Å². The summed E-state index contributed by atoms with van der Waals surface area (Å²) in [5.41, 5.74) is 2.59. The summed E-state index contributed by atoms with van der Waals surface area (Å²) in [4.78, 5) is 4.81. The van der Waals surface area contributed by atoms with Gasteiger partial charge in [0.25, 0.3) is 0 Å². The van der Waals surface area contributed by atoms with Crippen molar-refractivity contribution in [1.29, 1.82) is 0 Å². The van der Waals surface area contributed by atoms with Gasteiger partial charge >= 0.3 is 0 Å². The second-order valence-electron chi connectivity index (χ2n) is 7.15. The molecule has 28 heavy (non-hydrogen) atoms. The number of rotatable bonds is 3. The maximum atomic E-state index is 15.2. The van der Waals surface area contributed by atoms with Gasteiger partial charge in [0.15, 0.2) is 15.7 Å². The van der Waals surface area contributed by atoms with Gasteiger partial charge in [-0.15, -0.1) is 12.4 Å². The van der Waals surface area contributed by atoms with Crippen LogP contribution in [0.1, 0.15) is 24.3 Å². The SMILES string of the molecule is Cl.Cn1c(-c2ccc(S(C)(=O)=O)cc2)nc2c(F)c(C3CCNCC3)ccc21. The van der Waals surface area contributed by atoms with Gasteiger partial charge in [0.2, 0.25) is 0 Å². The molecule has 2 aromatic carbocycles. The van der Waals surface area contributed by atoms with E-state index in [-0.39, 0.29) is 29.0 Å². The number of imidazole rings is 1. The zero-order valence-corrected chi connectivity index (χ0v) is 17.4. The zero-order valence-electron chi connectivity index (χ0n) is 15.8. The molecule has 2 heterocycles. The molecule has 1 aliphatic heterocycles. The molecule has 0 bridgehead atoms. The molecule has 1 saturated heterocycles. The predicted octanol–water partition coefficient (Wildman–Crippen LogP) is 3.67. The van der Waals surface area contributed by atoms with Crippen molar-refractivity contribution in [2.24, 2.45) is 7.05 Å². The third kappa shape index (κ3) is 3.66. The van der Waals surface area contributed by atoms with Crippen LogP contribution in [0.25, 0.3) is 22.4 Å². The third-order valence-corrected chi connectivity index (χ3v) is 6.47.